The van der Waals surface area contributed by atoms with Gasteiger partial charge in [0.1, 0.15) is 5.01 Å². The van der Waals surface area contributed by atoms with E-state index in [2.05, 4.69) is 10.3 Å². The fourth-order valence-corrected chi connectivity index (χ4v) is 1.75. The summed E-state index contributed by atoms with van der Waals surface area (Å²) in [6.45, 7) is 3.95. The van der Waals surface area contributed by atoms with Gasteiger partial charge in [0.15, 0.2) is 6.04 Å². The first-order valence-corrected chi connectivity index (χ1v) is 5.26. The van der Waals surface area contributed by atoms with Crippen LogP contribution in [-0.4, -0.2) is 24.1 Å². The zero-order valence-corrected chi connectivity index (χ0v) is 9.30. The van der Waals surface area contributed by atoms with Crippen molar-refractivity contribution in [1.82, 2.24) is 10.3 Å². The quantitative estimate of drug-likeness (QED) is 0.769. The maximum absolute atomic E-state index is 11.4. The number of rotatable bonds is 4. The Labute approximate surface area is 87.3 Å². The van der Waals surface area contributed by atoms with Crippen LogP contribution in [0.25, 0.3) is 0 Å². The van der Waals surface area contributed by atoms with E-state index in [9.17, 15) is 4.79 Å². The monoisotopic (exact) mass is 214 g/mol. The van der Waals surface area contributed by atoms with Gasteiger partial charge in [-0.1, -0.05) is 0 Å². The van der Waals surface area contributed by atoms with Crippen molar-refractivity contribution < 1.29 is 9.53 Å². The Kier molecular flexibility index (Phi) is 4.03. The van der Waals surface area contributed by atoms with E-state index in [0.29, 0.717) is 0 Å². The lowest BCUT2D eigenvalue weighted by Crippen LogP contribution is -2.34. The van der Waals surface area contributed by atoms with E-state index in [-0.39, 0.29) is 12.0 Å². The van der Waals surface area contributed by atoms with Crippen molar-refractivity contribution in [3.05, 3.63) is 16.6 Å². The first-order chi connectivity index (χ1) is 6.65. The molecule has 1 heterocycles. The summed E-state index contributed by atoms with van der Waals surface area (Å²) in [5.74, 6) is -0.298. The van der Waals surface area contributed by atoms with Crippen molar-refractivity contribution in [2.45, 2.75) is 25.9 Å². The maximum Gasteiger partial charge on any atom is 0.330 e. The van der Waals surface area contributed by atoms with Crippen molar-refractivity contribution >= 4 is 17.3 Å². The number of aromatic nitrogens is 1. The van der Waals surface area contributed by atoms with E-state index >= 15 is 0 Å². The van der Waals surface area contributed by atoms with Crippen LogP contribution in [0.4, 0.5) is 0 Å². The zero-order valence-electron chi connectivity index (χ0n) is 8.48. The van der Waals surface area contributed by atoms with Crippen LogP contribution in [0.1, 0.15) is 24.9 Å². The van der Waals surface area contributed by atoms with Crippen LogP contribution in [0.5, 0.6) is 0 Å². The molecular weight excluding hydrogens is 200 g/mol. The number of nitrogens with zero attached hydrogens (tertiary/aromatic N) is 1. The highest BCUT2D eigenvalue weighted by molar-refractivity contribution is 7.09. The van der Waals surface area contributed by atoms with E-state index in [1.54, 1.807) is 6.20 Å². The van der Waals surface area contributed by atoms with Crippen molar-refractivity contribution in [1.29, 1.82) is 0 Å². The molecule has 5 heteroatoms. The van der Waals surface area contributed by atoms with Gasteiger partial charge >= 0.3 is 5.97 Å². The summed E-state index contributed by atoms with van der Waals surface area (Å²) in [5, 5.41) is 5.69. The number of nitrogens with one attached hydrogen (secondary N) is 1. The van der Waals surface area contributed by atoms with Crippen molar-refractivity contribution in [3.63, 3.8) is 0 Å². The third-order valence-corrected chi connectivity index (χ3v) is 2.48. The molecule has 0 saturated carbocycles. The van der Waals surface area contributed by atoms with Crippen LogP contribution >= 0.6 is 11.3 Å². The molecule has 1 aromatic heterocycles. The molecule has 0 aliphatic rings. The predicted molar refractivity (Wildman–Crippen MR) is 55.1 cm³/mol. The van der Waals surface area contributed by atoms with Gasteiger partial charge < -0.3 is 4.74 Å². The number of hydrogen-bond donors (Lipinski definition) is 1. The van der Waals surface area contributed by atoms with Crippen LogP contribution in [0, 0.1) is 0 Å². The lowest BCUT2D eigenvalue weighted by Gasteiger charge is -2.16. The fraction of sp³-hybridized carbons (Fsp3) is 0.556. The smallest absolute Gasteiger partial charge is 0.330 e. The second-order valence-corrected chi connectivity index (χ2v) is 4.07. The number of hydrogen-bond acceptors (Lipinski definition) is 5. The Morgan fingerprint density at radius 3 is 2.79 bits per heavy atom. The predicted octanol–water partition coefficient (Wildman–Crippen LogP) is 1.36. The number of thiazole rings is 1. The number of carbonyl (C=O) groups excluding carboxylic acids is 1. The Bertz CT molecular complexity index is 285. The lowest BCUT2D eigenvalue weighted by atomic mass is 10.2. The van der Waals surface area contributed by atoms with Gasteiger partial charge in [0.25, 0.3) is 0 Å². The number of ether oxygens (including phenoxy) is 1. The molecule has 0 saturated heterocycles. The number of methoxy groups -OCH3 is 1. The molecule has 0 fully saturated rings. The highest BCUT2D eigenvalue weighted by Gasteiger charge is 2.23. The van der Waals surface area contributed by atoms with Crippen LogP contribution < -0.4 is 5.32 Å². The molecule has 0 amide bonds. The summed E-state index contributed by atoms with van der Waals surface area (Å²) in [6, 6.07) is -0.233. The third kappa shape index (κ3) is 2.78. The molecule has 1 N–H and O–H groups in total. The molecule has 0 radical (unpaired) electrons. The molecule has 0 aromatic carbocycles. The van der Waals surface area contributed by atoms with Gasteiger partial charge in [0.2, 0.25) is 0 Å². The van der Waals surface area contributed by atoms with Crippen LogP contribution in [-0.2, 0) is 9.53 Å². The number of carbonyl (C=O) groups is 1. The summed E-state index contributed by atoms with van der Waals surface area (Å²) in [7, 11) is 1.38. The Balaban J connectivity index is 2.77. The average Bonchev–Trinajstić information content (AvgIpc) is 2.65. The molecule has 1 aromatic rings. The molecule has 0 aliphatic carbocycles. The van der Waals surface area contributed by atoms with Gasteiger partial charge in [-0.3, -0.25) is 5.32 Å². The third-order valence-electron chi connectivity index (χ3n) is 1.64. The first kappa shape index (κ1) is 11.1. The zero-order chi connectivity index (χ0) is 10.6. The molecule has 0 bridgehead atoms. The van der Waals surface area contributed by atoms with E-state index in [0.717, 1.165) is 5.01 Å². The van der Waals surface area contributed by atoms with Gasteiger partial charge in [-0.15, -0.1) is 11.3 Å². The molecule has 1 rings (SSSR count). The van der Waals surface area contributed by atoms with Crippen LogP contribution in [0.2, 0.25) is 0 Å². The molecule has 14 heavy (non-hydrogen) atoms. The largest absolute Gasteiger partial charge is 0.468 e. The van der Waals surface area contributed by atoms with Gasteiger partial charge in [-0.25, -0.2) is 9.78 Å². The second kappa shape index (κ2) is 5.07. The first-order valence-electron chi connectivity index (χ1n) is 4.38. The summed E-state index contributed by atoms with van der Waals surface area (Å²) in [4.78, 5) is 15.5. The average molecular weight is 214 g/mol. The molecule has 1 atom stereocenters. The molecule has 4 nitrogen and oxygen atoms in total. The van der Waals surface area contributed by atoms with Gasteiger partial charge in [0, 0.05) is 17.6 Å². The second-order valence-electron chi connectivity index (χ2n) is 3.15. The Hall–Kier alpha value is -0.940. The van der Waals surface area contributed by atoms with Crippen molar-refractivity contribution in [2.24, 2.45) is 0 Å². The molecular formula is C9H14N2O2S. The van der Waals surface area contributed by atoms with E-state index in [1.807, 2.05) is 19.2 Å². The summed E-state index contributed by atoms with van der Waals surface area (Å²) < 4.78 is 4.70. The lowest BCUT2D eigenvalue weighted by molar-refractivity contribution is -0.143. The molecule has 1 unspecified atom stereocenters. The fourth-order valence-electron chi connectivity index (χ4n) is 1.07. The SMILES string of the molecule is COC(=O)C(NC(C)C)c1nccs1. The summed E-state index contributed by atoms with van der Waals surface area (Å²) in [5.41, 5.74) is 0. The molecule has 0 aliphatic heterocycles. The van der Waals surface area contributed by atoms with E-state index in [4.69, 9.17) is 4.74 Å². The normalized spacial score (nSPS) is 12.9. The van der Waals surface area contributed by atoms with Crippen molar-refractivity contribution in [2.75, 3.05) is 7.11 Å². The highest BCUT2D eigenvalue weighted by atomic mass is 32.1. The van der Waals surface area contributed by atoms with Crippen LogP contribution in [0.15, 0.2) is 11.6 Å². The van der Waals surface area contributed by atoms with Gasteiger partial charge in [0.05, 0.1) is 7.11 Å². The molecule has 78 valence electrons. The molecule has 0 spiro atoms. The Morgan fingerprint density at radius 1 is 1.64 bits per heavy atom. The minimum atomic E-state index is -0.444. The Morgan fingerprint density at radius 2 is 2.36 bits per heavy atom. The maximum atomic E-state index is 11.4. The topological polar surface area (TPSA) is 51.2 Å². The number of esters is 1. The summed E-state index contributed by atoms with van der Waals surface area (Å²) in [6.07, 6.45) is 1.68. The standard InChI is InChI=1S/C9H14N2O2S/c1-6(2)11-7(9(12)13-3)8-10-4-5-14-8/h4-7,11H,1-3H3. The van der Waals surface area contributed by atoms with Gasteiger partial charge in [-0.2, -0.15) is 0 Å². The van der Waals surface area contributed by atoms with E-state index in [1.165, 1.54) is 18.4 Å². The minimum Gasteiger partial charge on any atom is -0.468 e. The van der Waals surface area contributed by atoms with Gasteiger partial charge in [-0.05, 0) is 13.8 Å². The minimum absolute atomic E-state index is 0.211. The van der Waals surface area contributed by atoms with Crippen molar-refractivity contribution in [3.8, 4) is 0 Å². The summed E-state index contributed by atoms with van der Waals surface area (Å²) >= 11 is 1.44. The van der Waals surface area contributed by atoms with Crippen LogP contribution in [0.3, 0.4) is 0 Å². The van der Waals surface area contributed by atoms with E-state index < -0.39 is 6.04 Å². The highest BCUT2D eigenvalue weighted by Crippen LogP contribution is 2.17.